The smallest absolute Gasteiger partial charge is 0.255 e. The van der Waals surface area contributed by atoms with E-state index in [0.717, 1.165) is 74.2 Å². The molecule has 4 heterocycles. The standard InChI is InChI=1S/C35H36N8O3/c1-23-31(43-16-11-25(22-30(43)39-23)32(44)37-15-17-42-18-20-46-21-19-42)29-10-14-38-34(41-29)35(12-13-35)26-8-6-24(7-9-26)33(45)40-28-5-3-2-4-27(28)36/h2-11,14,16,22H,12-13,15,17-21,36H2,1H3,(H,37,44)(H,40,45). The molecule has 0 unspecified atom stereocenters. The van der Waals surface area contributed by atoms with Gasteiger partial charge in [-0.2, -0.15) is 0 Å². The molecule has 2 fully saturated rings. The van der Waals surface area contributed by atoms with Gasteiger partial charge in [-0.3, -0.25) is 18.9 Å². The van der Waals surface area contributed by atoms with Gasteiger partial charge in [0.1, 0.15) is 11.5 Å². The molecule has 0 radical (unpaired) electrons. The van der Waals surface area contributed by atoms with Crippen LogP contribution in [0.15, 0.2) is 79.1 Å². The molecule has 1 saturated carbocycles. The van der Waals surface area contributed by atoms with Crippen LogP contribution in [-0.2, 0) is 10.2 Å². The lowest BCUT2D eigenvalue weighted by Gasteiger charge is -2.26. The van der Waals surface area contributed by atoms with Gasteiger partial charge in [0.2, 0.25) is 0 Å². The molecule has 3 aromatic heterocycles. The number of fused-ring (bicyclic) bond motifs is 1. The molecule has 5 aromatic rings. The molecule has 0 atom stereocenters. The van der Waals surface area contributed by atoms with Crippen LogP contribution in [0.3, 0.4) is 0 Å². The summed E-state index contributed by atoms with van der Waals surface area (Å²) in [5.74, 6) is 0.403. The third-order valence-electron chi connectivity index (χ3n) is 8.86. The Labute approximate surface area is 266 Å². The van der Waals surface area contributed by atoms with Crippen LogP contribution in [0.1, 0.15) is 50.6 Å². The molecule has 0 spiro atoms. The Balaban J connectivity index is 1.08. The first-order valence-corrected chi connectivity index (χ1v) is 15.6. The van der Waals surface area contributed by atoms with Gasteiger partial charge in [-0.25, -0.2) is 15.0 Å². The SMILES string of the molecule is Cc1nc2cc(C(=O)NCCN3CCOCC3)ccn2c1-c1ccnc(C2(c3ccc(C(=O)Nc4ccccc4N)cc3)CC2)n1. The number of anilines is 2. The first-order valence-electron chi connectivity index (χ1n) is 15.6. The average molecular weight is 617 g/mol. The van der Waals surface area contributed by atoms with Gasteiger partial charge in [0.15, 0.2) is 0 Å². The van der Waals surface area contributed by atoms with Crippen LogP contribution in [-0.4, -0.2) is 75.5 Å². The predicted octanol–water partition coefficient (Wildman–Crippen LogP) is 4.08. The summed E-state index contributed by atoms with van der Waals surface area (Å²) in [4.78, 5) is 42.6. The Bertz CT molecular complexity index is 1910. The van der Waals surface area contributed by atoms with Gasteiger partial charge >= 0.3 is 0 Å². The monoisotopic (exact) mass is 616 g/mol. The fourth-order valence-electron chi connectivity index (χ4n) is 6.10. The number of aromatic nitrogens is 4. The number of nitrogens with two attached hydrogens (primary N) is 1. The zero-order chi connectivity index (χ0) is 31.7. The molecule has 7 rings (SSSR count). The molecule has 11 heteroatoms. The maximum atomic E-state index is 12.9. The zero-order valence-corrected chi connectivity index (χ0v) is 25.7. The van der Waals surface area contributed by atoms with E-state index in [2.05, 4.69) is 15.5 Å². The third kappa shape index (κ3) is 5.82. The Kier molecular flexibility index (Phi) is 7.93. The zero-order valence-electron chi connectivity index (χ0n) is 25.7. The number of morpholine rings is 1. The molecule has 1 aliphatic heterocycles. The summed E-state index contributed by atoms with van der Waals surface area (Å²) < 4.78 is 7.37. The summed E-state index contributed by atoms with van der Waals surface area (Å²) in [6, 6.07) is 20.4. The summed E-state index contributed by atoms with van der Waals surface area (Å²) in [5, 5.41) is 5.91. The second-order valence-electron chi connectivity index (χ2n) is 11.9. The van der Waals surface area contributed by atoms with E-state index in [1.165, 1.54) is 0 Å². The number of carbonyl (C=O) groups excluding carboxylic acids is 2. The van der Waals surface area contributed by atoms with Gasteiger partial charge in [0, 0.05) is 49.7 Å². The second-order valence-corrected chi connectivity index (χ2v) is 11.9. The number of carbonyl (C=O) groups is 2. The van der Waals surface area contributed by atoms with Crippen LogP contribution in [0, 0.1) is 6.92 Å². The average Bonchev–Trinajstić information content (AvgIpc) is 3.83. The summed E-state index contributed by atoms with van der Waals surface area (Å²) in [6.07, 6.45) is 5.50. The van der Waals surface area contributed by atoms with Crippen LogP contribution >= 0.6 is 0 Å². The summed E-state index contributed by atoms with van der Waals surface area (Å²) in [7, 11) is 0. The van der Waals surface area contributed by atoms with Crippen molar-refractivity contribution in [2.45, 2.75) is 25.2 Å². The van der Waals surface area contributed by atoms with Crippen LogP contribution < -0.4 is 16.4 Å². The fourth-order valence-corrected chi connectivity index (χ4v) is 6.10. The number of nitrogens with one attached hydrogen (secondary N) is 2. The Morgan fingerprint density at radius 2 is 1.74 bits per heavy atom. The Hall–Kier alpha value is -5.13. The minimum absolute atomic E-state index is 0.120. The Morgan fingerprint density at radius 1 is 0.957 bits per heavy atom. The number of imidazole rings is 1. The highest BCUT2D eigenvalue weighted by molar-refractivity contribution is 6.05. The summed E-state index contributed by atoms with van der Waals surface area (Å²) >= 11 is 0. The van der Waals surface area contributed by atoms with Crippen LogP contribution in [0.4, 0.5) is 11.4 Å². The molecule has 0 bridgehead atoms. The lowest BCUT2D eigenvalue weighted by atomic mass is 9.93. The van der Waals surface area contributed by atoms with E-state index >= 15 is 0 Å². The fraction of sp³-hybridized carbons (Fsp3) is 0.286. The van der Waals surface area contributed by atoms with Gasteiger partial charge in [0.05, 0.1) is 47.1 Å². The topological polar surface area (TPSA) is 140 Å². The molecular weight excluding hydrogens is 580 g/mol. The number of nitrogen functional groups attached to an aromatic ring is 1. The first-order chi connectivity index (χ1) is 22.4. The molecule has 1 saturated heterocycles. The largest absolute Gasteiger partial charge is 0.397 e. The van der Waals surface area contributed by atoms with Crippen LogP contribution in [0.25, 0.3) is 17.0 Å². The lowest BCUT2D eigenvalue weighted by Crippen LogP contribution is -2.41. The molecule has 2 amide bonds. The van der Waals surface area contributed by atoms with E-state index < -0.39 is 0 Å². The van der Waals surface area contributed by atoms with Gasteiger partial charge in [0.25, 0.3) is 11.8 Å². The first kappa shape index (κ1) is 29.6. The lowest BCUT2D eigenvalue weighted by molar-refractivity contribution is 0.0383. The second kappa shape index (κ2) is 12.3. The number of hydrogen-bond acceptors (Lipinski definition) is 8. The van der Waals surface area contributed by atoms with E-state index in [0.29, 0.717) is 34.7 Å². The Morgan fingerprint density at radius 3 is 2.50 bits per heavy atom. The van der Waals surface area contributed by atoms with Crippen LogP contribution in [0.5, 0.6) is 0 Å². The van der Waals surface area contributed by atoms with Crippen molar-refractivity contribution in [1.29, 1.82) is 0 Å². The number of benzene rings is 2. The van der Waals surface area contributed by atoms with Crippen molar-refractivity contribution in [3.63, 3.8) is 0 Å². The van der Waals surface area contributed by atoms with Gasteiger partial charge in [-0.15, -0.1) is 0 Å². The minimum Gasteiger partial charge on any atom is -0.397 e. The number of aryl methyl sites for hydroxylation is 1. The maximum Gasteiger partial charge on any atom is 0.255 e. The highest BCUT2D eigenvalue weighted by Crippen LogP contribution is 2.52. The van der Waals surface area contributed by atoms with Crippen molar-refractivity contribution in [3.8, 4) is 11.4 Å². The highest BCUT2D eigenvalue weighted by atomic mass is 16.5. The highest BCUT2D eigenvalue weighted by Gasteiger charge is 2.48. The molecular formula is C35H36N8O3. The molecule has 2 aromatic carbocycles. The number of para-hydroxylation sites is 2. The van der Waals surface area contributed by atoms with E-state index in [-0.39, 0.29) is 17.2 Å². The maximum absolute atomic E-state index is 12.9. The quantitative estimate of drug-likeness (QED) is 0.211. The number of pyridine rings is 1. The van der Waals surface area contributed by atoms with Crippen molar-refractivity contribution in [1.82, 2.24) is 29.6 Å². The normalized spacial score (nSPS) is 15.8. The number of nitrogens with zero attached hydrogens (tertiary/aromatic N) is 5. The van der Waals surface area contributed by atoms with Gasteiger partial charge in [-0.05, 0) is 67.8 Å². The van der Waals surface area contributed by atoms with E-state index in [4.69, 9.17) is 25.4 Å². The molecule has 234 valence electrons. The van der Waals surface area contributed by atoms with Crippen molar-refractivity contribution >= 4 is 28.8 Å². The van der Waals surface area contributed by atoms with E-state index in [1.807, 2.05) is 72.1 Å². The molecule has 11 nitrogen and oxygen atoms in total. The number of hydrogen-bond donors (Lipinski definition) is 3. The van der Waals surface area contributed by atoms with Crippen molar-refractivity contribution in [3.05, 3.63) is 107 Å². The van der Waals surface area contributed by atoms with Crippen molar-refractivity contribution < 1.29 is 14.3 Å². The third-order valence-corrected chi connectivity index (χ3v) is 8.86. The number of ether oxygens (including phenoxy) is 1. The summed E-state index contributed by atoms with van der Waals surface area (Å²) in [5.41, 5.74) is 12.1. The predicted molar refractivity (Wildman–Crippen MR) is 176 cm³/mol. The van der Waals surface area contributed by atoms with E-state index in [1.54, 1.807) is 18.3 Å². The molecule has 4 N–H and O–H groups in total. The summed E-state index contributed by atoms with van der Waals surface area (Å²) in [6.45, 7) is 6.57. The van der Waals surface area contributed by atoms with Crippen molar-refractivity contribution in [2.75, 3.05) is 50.4 Å². The minimum atomic E-state index is -0.310. The van der Waals surface area contributed by atoms with E-state index in [9.17, 15) is 9.59 Å². The van der Waals surface area contributed by atoms with Gasteiger partial charge < -0.3 is 21.1 Å². The molecule has 2 aliphatic rings. The van der Waals surface area contributed by atoms with Crippen molar-refractivity contribution in [2.24, 2.45) is 0 Å². The number of rotatable bonds is 9. The molecule has 46 heavy (non-hydrogen) atoms. The number of amides is 2. The van der Waals surface area contributed by atoms with Crippen LogP contribution in [0.2, 0.25) is 0 Å². The van der Waals surface area contributed by atoms with Gasteiger partial charge in [-0.1, -0.05) is 24.3 Å². The molecule has 1 aliphatic carbocycles.